The summed E-state index contributed by atoms with van der Waals surface area (Å²) in [5.74, 6) is 2.46. The third-order valence-corrected chi connectivity index (χ3v) is 6.41. The van der Waals surface area contributed by atoms with Crippen LogP contribution in [0.3, 0.4) is 0 Å². The van der Waals surface area contributed by atoms with Gasteiger partial charge in [-0.2, -0.15) is 11.8 Å². The largest absolute Gasteiger partial charge is 0.338 e. The topological polar surface area (TPSA) is 86.4 Å². The molecule has 3 N–H and O–H groups in total. The van der Waals surface area contributed by atoms with Gasteiger partial charge in [0.2, 0.25) is 0 Å². The van der Waals surface area contributed by atoms with E-state index < -0.39 is 0 Å². The molecule has 0 saturated carbocycles. The highest BCUT2D eigenvalue weighted by Gasteiger charge is 2.28. The van der Waals surface area contributed by atoms with Gasteiger partial charge in [0.05, 0.1) is 11.3 Å². The van der Waals surface area contributed by atoms with Gasteiger partial charge in [-0.3, -0.25) is 10.1 Å². The number of carbonyl (C=O) groups is 2. The van der Waals surface area contributed by atoms with Crippen molar-refractivity contribution in [1.29, 1.82) is 0 Å². The Labute approximate surface area is 197 Å². The molecule has 1 atom stereocenters. The lowest BCUT2D eigenvalue weighted by atomic mass is 9.98. The van der Waals surface area contributed by atoms with E-state index in [4.69, 9.17) is 4.98 Å². The first kappa shape index (κ1) is 26.5. The van der Waals surface area contributed by atoms with Gasteiger partial charge < -0.3 is 15.5 Å². The molecule has 2 rings (SSSR count). The van der Waals surface area contributed by atoms with E-state index in [0.29, 0.717) is 55.3 Å². The van der Waals surface area contributed by atoms with E-state index in [-0.39, 0.29) is 11.9 Å². The van der Waals surface area contributed by atoms with Gasteiger partial charge in [0, 0.05) is 32.2 Å². The van der Waals surface area contributed by atoms with Gasteiger partial charge in [-0.25, -0.2) is 9.78 Å². The van der Waals surface area contributed by atoms with Gasteiger partial charge in [-0.05, 0) is 54.7 Å². The zero-order valence-corrected chi connectivity index (χ0v) is 21.4. The Morgan fingerprint density at radius 3 is 2.69 bits per heavy atom. The number of nitrogens with zero attached hydrogens (tertiary/aromatic N) is 2. The van der Waals surface area contributed by atoms with Crippen LogP contribution >= 0.6 is 11.8 Å². The average Bonchev–Trinajstić information content (AvgIpc) is 2.76. The van der Waals surface area contributed by atoms with Crippen molar-refractivity contribution in [3.05, 3.63) is 22.9 Å². The van der Waals surface area contributed by atoms with Crippen LogP contribution in [0.2, 0.25) is 0 Å². The van der Waals surface area contributed by atoms with Crippen molar-refractivity contribution >= 4 is 29.5 Å². The van der Waals surface area contributed by atoms with Crippen LogP contribution in [0.25, 0.3) is 0 Å². The van der Waals surface area contributed by atoms with Crippen molar-refractivity contribution in [1.82, 2.24) is 20.5 Å². The zero-order chi connectivity index (χ0) is 23.7. The van der Waals surface area contributed by atoms with Gasteiger partial charge in [-0.15, -0.1) is 0 Å². The number of hydrogen-bond donors (Lipinski definition) is 3. The van der Waals surface area contributed by atoms with E-state index in [1.807, 2.05) is 17.9 Å². The fourth-order valence-corrected chi connectivity index (χ4v) is 4.33. The molecule has 0 aromatic carbocycles. The van der Waals surface area contributed by atoms with Gasteiger partial charge in [0.25, 0.3) is 5.91 Å². The summed E-state index contributed by atoms with van der Waals surface area (Å²) in [6, 6.07) is 2.02. The minimum atomic E-state index is -0.244. The summed E-state index contributed by atoms with van der Waals surface area (Å²) in [5, 5.41) is 9.35. The number of rotatable bonds is 10. The first-order valence-electron chi connectivity index (χ1n) is 11.9. The van der Waals surface area contributed by atoms with E-state index in [2.05, 4.69) is 49.9 Å². The van der Waals surface area contributed by atoms with Crippen LogP contribution in [0, 0.1) is 11.8 Å². The number of piperazine rings is 1. The van der Waals surface area contributed by atoms with Crippen LogP contribution < -0.4 is 16.0 Å². The van der Waals surface area contributed by atoms with Crippen LogP contribution in [0.5, 0.6) is 0 Å². The number of pyridine rings is 1. The Morgan fingerprint density at radius 1 is 1.31 bits per heavy atom. The SMILES string of the molecule is CCc1nc(NC(=O)NCCCSC)c(CC(C)C)cc1C(=O)N1CCN[C@@H](C(C)C)C1. The number of anilines is 1. The first-order chi connectivity index (χ1) is 15.3. The van der Waals surface area contributed by atoms with E-state index in [9.17, 15) is 9.59 Å². The predicted octanol–water partition coefficient (Wildman–Crippen LogP) is 3.79. The number of hydrogen-bond acceptors (Lipinski definition) is 5. The zero-order valence-electron chi connectivity index (χ0n) is 20.6. The molecular formula is C24H41N5O2S. The molecule has 2 heterocycles. The Hall–Kier alpha value is -1.80. The predicted molar refractivity (Wildman–Crippen MR) is 135 cm³/mol. The quantitative estimate of drug-likeness (QED) is 0.460. The maximum absolute atomic E-state index is 13.5. The normalized spacial score (nSPS) is 16.5. The Bertz CT molecular complexity index is 769. The lowest BCUT2D eigenvalue weighted by molar-refractivity contribution is 0.0682. The van der Waals surface area contributed by atoms with E-state index in [1.54, 1.807) is 11.8 Å². The number of urea groups is 1. The molecule has 1 aromatic heterocycles. The van der Waals surface area contributed by atoms with Crippen molar-refractivity contribution in [2.24, 2.45) is 11.8 Å². The van der Waals surface area contributed by atoms with Gasteiger partial charge in [0.1, 0.15) is 5.82 Å². The minimum absolute atomic E-state index is 0.0413. The molecule has 0 unspecified atom stereocenters. The Balaban J connectivity index is 2.26. The molecule has 0 aliphatic carbocycles. The Kier molecular flexibility index (Phi) is 10.8. The van der Waals surface area contributed by atoms with Crippen molar-refractivity contribution in [3.8, 4) is 0 Å². The van der Waals surface area contributed by atoms with E-state index >= 15 is 0 Å². The summed E-state index contributed by atoms with van der Waals surface area (Å²) in [6.45, 7) is 13.5. The summed E-state index contributed by atoms with van der Waals surface area (Å²) >= 11 is 1.77. The molecule has 3 amide bonds. The summed E-state index contributed by atoms with van der Waals surface area (Å²) in [4.78, 5) is 32.6. The lowest BCUT2D eigenvalue weighted by Gasteiger charge is -2.36. The summed E-state index contributed by atoms with van der Waals surface area (Å²) in [6.07, 6.45) is 4.36. The number of carbonyl (C=O) groups excluding carboxylic acids is 2. The average molecular weight is 464 g/mol. The molecule has 1 aromatic rings. The van der Waals surface area contributed by atoms with Crippen molar-refractivity contribution in [2.75, 3.05) is 43.5 Å². The van der Waals surface area contributed by atoms with Gasteiger partial charge in [0.15, 0.2) is 0 Å². The van der Waals surface area contributed by atoms with Crippen LogP contribution in [0.15, 0.2) is 6.07 Å². The smallest absolute Gasteiger partial charge is 0.320 e. The summed E-state index contributed by atoms with van der Waals surface area (Å²) in [7, 11) is 0. The number of nitrogens with one attached hydrogen (secondary N) is 3. The molecule has 0 bridgehead atoms. The molecule has 8 heteroatoms. The second-order valence-electron chi connectivity index (χ2n) is 9.22. The van der Waals surface area contributed by atoms with E-state index in [0.717, 1.165) is 36.4 Å². The molecular weight excluding hydrogens is 422 g/mol. The minimum Gasteiger partial charge on any atom is -0.338 e. The standard InChI is InChI=1S/C24H41N5O2S/c1-7-20-19(23(30)29-11-10-25-21(15-29)17(4)5)14-18(13-16(2)3)22(27-20)28-24(31)26-9-8-12-32-6/h14,16-17,21,25H,7-13,15H2,1-6H3,(H2,26,27,28,31)/t21-/m1/s1. The van der Waals surface area contributed by atoms with E-state index in [1.165, 1.54) is 0 Å². The maximum Gasteiger partial charge on any atom is 0.320 e. The van der Waals surface area contributed by atoms with Crippen LogP contribution in [0.4, 0.5) is 10.6 Å². The molecule has 1 fully saturated rings. The van der Waals surface area contributed by atoms with Crippen LogP contribution in [-0.2, 0) is 12.8 Å². The highest BCUT2D eigenvalue weighted by Crippen LogP contribution is 2.24. The second kappa shape index (κ2) is 13.0. The maximum atomic E-state index is 13.5. The molecule has 7 nitrogen and oxygen atoms in total. The molecule has 1 aliphatic rings. The van der Waals surface area contributed by atoms with Crippen molar-refractivity contribution < 1.29 is 9.59 Å². The summed E-state index contributed by atoms with van der Waals surface area (Å²) < 4.78 is 0. The molecule has 0 radical (unpaired) electrons. The molecule has 1 saturated heterocycles. The van der Waals surface area contributed by atoms with Gasteiger partial charge >= 0.3 is 6.03 Å². The third-order valence-electron chi connectivity index (χ3n) is 5.71. The van der Waals surface area contributed by atoms with Crippen molar-refractivity contribution in [3.63, 3.8) is 0 Å². The monoisotopic (exact) mass is 463 g/mol. The molecule has 0 spiro atoms. The second-order valence-corrected chi connectivity index (χ2v) is 10.2. The number of amides is 3. The van der Waals surface area contributed by atoms with Crippen LogP contribution in [-0.4, -0.2) is 66.1 Å². The first-order valence-corrected chi connectivity index (χ1v) is 13.2. The number of aromatic nitrogens is 1. The van der Waals surface area contributed by atoms with Crippen molar-refractivity contribution in [2.45, 2.75) is 59.9 Å². The van der Waals surface area contributed by atoms with Crippen LogP contribution in [0.1, 0.15) is 62.7 Å². The summed E-state index contributed by atoms with van der Waals surface area (Å²) in [5.41, 5.74) is 2.31. The molecule has 32 heavy (non-hydrogen) atoms. The fourth-order valence-electron chi connectivity index (χ4n) is 3.90. The lowest BCUT2D eigenvalue weighted by Crippen LogP contribution is -2.54. The Morgan fingerprint density at radius 2 is 2.06 bits per heavy atom. The fraction of sp³-hybridized carbons (Fsp3) is 0.708. The van der Waals surface area contributed by atoms with Gasteiger partial charge in [-0.1, -0.05) is 34.6 Å². The molecule has 1 aliphatic heterocycles. The number of thioether (sulfide) groups is 1. The number of aryl methyl sites for hydroxylation is 1. The highest BCUT2D eigenvalue weighted by molar-refractivity contribution is 7.98. The highest BCUT2D eigenvalue weighted by atomic mass is 32.2. The third kappa shape index (κ3) is 7.66. The molecule has 180 valence electrons.